The Kier molecular flexibility index (Phi) is 24.5. The van der Waals surface area contributed by atoms with Gasteiger partial charge in [-0.05, 0) is 111 Å². The molecule has 4 aliphatic rings. The fourth-order valence-electron chi connectivity index (χ4n) is 11.2. The number of aliphatic hydroxyl groups is 2. The van der Waals surface area contributed by atoms with E-state index in [4.69, 9.17) is 34.2 Å². The largest absolute Gasteiger partial charge is 0.443 e. The van der Waals surface area contributed by atoms with Crippen LogP contribution < -0.4 is 21.3 Å². The fraction of sp³-hybridized carbons (Fsp3) is 0.562. The minimum atomic E-state index is -4.12. The third-order valence-corrected chi connectivity index (χ3v) is 20.0. The van der Waals surface area contributed by atoms with Crippen molar-refractivity contribution in [2.24, 2.45) is 22.7 Å². The van der Waals surface area contributed by atoms with Gasteiger partial charge in [0.05, 0.1) is 72.3 Å². The Morgan fingerprint density at radius 2 is 1.01 bits per heavy atom. The highest BCUT2D eigenvalue weighted by molar-refractivity contribution is 7.89. The first-order chi connectivity index (χ1) is 41.6. The number of carbonyl (C=O) groups is 4. The molecule has 22 nitrogen and oxygen atoms in total. The number of hydrogen-bond donors (Lipinski definition) is 5. The molecule has 4 saturated heterocycles. The molecule has 0 unspecified atom stereocenters. The maximum Gasteiger partial charge on any atom is 0.407 e. The number of Topliss-reactive ketones (excluding diaryl/α,β-unsaturated/α-hetero) is 2. The van der Waals surface area contributed by atoms with Crippen molar-refractivity contribution >= 4 is 55.2 Å². The zero-order valence-corrected chi connectivity index (χ0v) is 53.5. The van der Waals surface area contributed by atoms with Crippen LogP contribution in [0.15, 0.2) is 119 Å². The standard InChI is InChI=1S/C33H47N3O8S.C31H43N3O8S/c1-23(37)14-16-33(2,3)22-36(45(40,41)26-13-9-12-25(19-26)35(4)5)20-29(38)28(18-24-10-7-6-8-11-24)34-32(39)44-30-21-43-31-27(30)15-17-42-31;1-21(35)12-14-31(2,3)20-34(43(38,39)24-11-7-10-23(32)17-24)18-27(36)26(16-22-8-5-4-6-9-22)33-30(37)42-28-19-41-29-25(28)13-15-40-29/h6-13,19,27-31,38H,14-18,20-22H2,1-5H3,(H,34,39);4-11,17,25-29,36H,12-16,18-20,32H2,1-3H3,(H,33,37)/t27-,28-,29+,30-,31+;25-,26-,27+,28-,29+/m00/s1. The molecule has 2 amide bonds. The van der Waals surface area contributed by atoms with E-state index >= 15 is 0 Å². The van der Waals surface area contributed by atoms with E-state index in [1.807, 2.05) is 113 Å². The summed E-state index contributed by atoms with van der Waals surface area (Å²) in [7, 11) is -4.56. The number of fused-ring (bicyclic) bond motifs is 2. The van der Waals surface area contributed by atoms with Gasteiger partial charge in [0.2, 0.25) is 20.0 Å². The monoisotopic (exact) mass is 1260 g/mol. The highest BCUT2D eigenvalue weighted by atomic mass is 32.2. The van der Waals surface area contributed by atoms with Crippen molar-refractivity contribution in [3.8, 4) is 0 Å². The maximum absolute atomic E-state index is 14.2. The number of nitrogens with zero attached hydrogens (tertiary/aromatic N) is 3. The molecule has 0 aliphatic carbocycles. The summed E-state index contributed by atoms with van der Waals surface area (Å²) in [6.45, 7) is 11.6. The molecule has 6 N–H and O–H groups in total. The number of aliphatic hydroxyl groups excluding tert-OH is 2. The van der Waals surface area contributed by atoms with E-state index < -0.39 is 79.6 Å². The van der Waals surface area contributed by atoms with E-state index in [9.17, 15) is 46.2 Å². The van der Waals surface area contributed by atoms with E-state index in [1.54, 1.807) is 24.3 Å². The third-order valence-electron chi connectivity index (χ3n) is 16.4. The minimum absolute atomic E-state index is 0.00661. The summed E-state index contributed by atoms with van der Waals surface area (Å²) >= 11 is 0. The second-order valence-electron chi connectivity index (χ2n) is 25.2. The van der Waals surface area contributed by atoms with E-state index in [1.165, 1.54) is 40.7 Å². The van der Waals surface area contributed by atoms with Crippen molar-refractivity contribution in [3.63, 3.8) is 0 Å². The maximum atomic E-state index is 14.2. The Hall–Kier alpha value is -6.06. The molecule has 4 aromatic rings. The first kappa shape index (κ1) is 69.4. The van der Waals surface area contributed by atoms with Gasteiger partial charge in [-0.25, -0.2) is 26.4 Å². The van der Waals surface area contributed by atoms with E-state index in [2.05, 4.69) is 10.6 Å². The molecule has 24 heteroatoms. The predicted molar refractivity (Wildman–Crippen MR) is 331 cm³/mol. The Balaban J connectivity index is 0.000000251. The van der Waals surface area contributed by atoms with Crippen molar-refractivity contribution in [2.75, 3.05) is 77.3 Å². The third kappa shape index (κ3) is 20.0. The number of rotatable bonds is 29. The van der Waals surface area contributed by atoms with Crippen LogP contribution >= 0.6 is 0 Å². The van der Waals surface area contributed by atoms with Gasteiger partial charge in [0, 0.05) is 64.5 Å². The molecule has 8 rings (SSSR count). The van der Waals surface area contributed by atoms with Crippen LogP contribution in [0.25, 0.3) is 0 Å². The highest BCUT2D eigenvalue weighted by Gasteiger charge is 2.46. The molecule has 4 aromatic carbocycles. The number of nitrogen functional groups attached to an aromatic ring is 1. The minimum Gasteiger partial charge on any atom is -0.443 e. The molecule has 4 aliphatic heterocycles. The summed E-state index contributed by atoms with van der Waals surface area (Å²) in [6, 6.07) is 29.5. The van der Waals surface area contributed by atoms with Crippen molar-refractivity contribution in [1.82, 2.24) is 19.2 Å². The van der Waals surface area contributed by atoms with E-state index in [0.29, 0.717) is 44.6 Å². The van der Waals surface area contributed by atoms with E-state index in [0.717, 1.165) is 24.0 Å². The van der Waals surface area contributed by atoms with Gasteiger partial charge in [-0.2, -0.15) is 8.61 Å². The quantitative estimate of drug-likeness (QED) is 0.0353. The number of nitrogens with two attached hydrogens (primary N) is 1. The van der Waals surface area contributed by atoms with Crippen LogP contribution in [-0.4, -0.2) is 175 Å². The van der Waals surface area contributed by atoms with Crippen LogP contribution in [0.5, 0.6) is 0 Å². The number of amides is 2. The summed E-state index contributed by atoms with van der Waals surface area (Å²) in [5.41, 5.74) is 7.42. The lowest BCUT2D eigenvalue weighted by Gasteiger charge is -2.35. The lowest BCUT2D eigenvalue weighted by Crippen LogP contribution is -2.52. The second kappa shape index (κ2) is 31.1. The van der Waals surface area contributed by atoms with Gasteiger partial charge in [0.15, 0.2) is 12.6 Å². The number of sulfonamides is 2. The lowest BCUT2D eigenvalue weighted by molar-refractivity contribution is -0.118. The average molecular weight is 1260 g/mol. The number of alkyl carbamates (subject to hydrolysis) is 2. The number of ketones is 2. The zero-order valence-electron chi connectivity index (χ0n) is 51.8. The smallest absolute Gasteiger partial charge is 0.407 e. The SMILES string of the molecule is CC(=O)CCC(C)(C)CN(C[C@@H](O)[C@H](Cc1ccccc1)NC(=O)O[C@H]1CO[C@H]2OCC[C@H]21)S(=O)(=O)c1cccc(N(C)C)c1.CC(=O)CCC(C)(C)CN(C[C@@H](O)[C@H](Cc1ccccc1)NC(=O)O[C@H]1CO[C@H]2OCC[C@H]21)S(=O)(=O)c1cccc(N)c1. The van der Waals surface area contributed by atoms with Gasteiger partial charge in [-0.3, -0.25) is 0 Å². The molecule has 4 fully saturated rings. The van der Waals surface area contributed by atoms with Crippen LogP contribution in [0.4, 0.5) is 21.0 Å². The molecule has 0 bridgehead atoms. The second-order valence-corrected chi connectivity index (χ2v) is 29.1. The molecular weight excluding hydrogens is 1170 g/mol. The number of hydrogen-bond acceptors (Lipinski definition) is 18. The van der Waals surface area contributed by atoms with Gasteiger partial charge in [0.25, 0.3) is 0 Å². The molecule has 0 spiro atoms. The summed E-state index contributed by atoms with van der Waals surface area (Å²) in [5, 5.41) is 28.9. The predicted octanol–water partition coefficient (Wildman–Crippen LogP) is 6.71. The molecule has 0 aromatic heterocycles. The number of ether oxygens (including phenoxy) is 6. The van der Waals surface area contributed by atoms with Crippen LogP contribution in [0.2, 0.25) is 0 Å². The van der Waals surface area contributed by atoms with Crippen molar-refractivity contribution in [2.45, 2.75) is 152 Å². The normalized spacial score (nSPS) is 21.5. The highest BCUT2D eigenvalue weighted by Crippen LogP contribution is 2.36. The van der Waals surface area contributed by atoms with Gasteiger partial charge < -0.3 is 69.5 Å². The van der Waals surface area contributed by atoms with E-state index in [-0.39, 0.29) is 104 Å². The van der Waals surface area contributed by atoms with Crippen LogP contribution in [0.1, 0.15) is 91.2 Å². The Labute approximate surface area is 518 Å². The summed E-state index contributed by atoms with van der Waals surface area (Å²) < 4.78 is 92.4. The van der Waals surface area contributed by atoms with Crippen LogP contribution in [0.3, 0.4) is 0 Å². The van der Waals surface area contributed by atoms with Crippen molar-refractivity contribution < 1.29 is 74.6 Å². The molecule has 0 saturated carbocycles. The molecule has 4 heterocycles. The number of anilines is 2. The Bertz CT molecular complexity index is 3180. The fourth-order valence-corrected chi connectivity index (χ4v) is 14.6. The topological polar surface area (TPSA) is 292 Å². The van der Waals surface area contributed by atoms with Crippen LogP contribution in [-0.2, 0) is 70.9 Å². The van der Waals surface area contributed by atoms with Crippen LogP contribution in [0, 0.1) is 22.7 Å². The van der Waals surface area contributed by atoms with Gasteiger partial charge in [0.1, 0.15) is 23.8 Å². The average Bonchev–Trinajstić information content (AvgIpc) is 2.31. The summed E-state index contributed by atoms with van der Waals surface area (Å²) in [5.74, 6) is -0.0828. The summed E-state index contributed by atoms with van der Waals surface area (Å²) in [6.07, 6.45) is -2.35. The molecule has 88 heavy (non-hydrogen) atoms. The van der Waals surface area contributed by atoms with Gasteiger partial charge in [-0.15, -0.1) is 0 Å². The molecule has 10 atom stereocenters. The van der Waals surface area contributed by atoms with Gasteiger partial charge in [-0.1, -0.05) is 100 Å². The number of carbonyl (C=O) groups excluding carboxylic acids is 4. The number of benzene rings is 4. The molecule has 0 radical (unpaired) electrons. The van der Waals surface area contributed by atoms with Crippen molar-refractivity contribution in [3.05, 3.63) is 120 Å². The summed E-state index contributed by atoms with van der Waals surface area (Å²) in [4.78, 5) is 51.6. The zero-order chi connectivity index (χ0) is 64.0. The first-order valence-electron chi connectivity index (χ1n) is 30.1. The van der Waals surface area contributed by atoms with Crippen molar-refractivity contribution in [1.29, 1.82) is 0 Å². The lowest BCUT2D eigenvalue weighted by atomic mass is 9.87. The Morgan fingerprint density at radius 3 is 1.41 bits per heavy atom. The number of nitrogens with one attached hydrogen (secondary N) is 2. The first-order valence-corrected chi connectivity index (χ1v) is 32.9. The molecular formula is C64H90N6O16S2. The Morgan fingerprint density at radius 1 is 0.602 bits per heavy atom. The van der Waals surface area contributed by atoms with Gasteiger partial charge >= 0.3 is 12.2 Å². The molecule has 484 valence electrons.